The molecule has 1 fully saturated rings. The summed E-state index contributed by atoms with van der Waals surface area (Å²) in [4.78, 5) is 2.41. The van der Waals surface area contributed by atoms with Gasteiger partial charge in [-0.25, -0.2) is 4.39 Å². The first-order valence-electron chi connectivity index (χ1n) is 15.9. The molecule has 43 heavy (non-hydrogen) atoms. The van der Waals surface area contributed by atoms with Gasteiger partial charge in [-0.15, -0.1) is 0 Å². The van der Waals surface area contributed by atoms with E-state index in [1.54, 1.807) is 0 Å². The third-order valence-corrected chi connectivity index (χ3v) is 9.37. The second kappa shape index (κ2) is 13.6. The minimum Gasteiger partial charge on any atom is -0.338 e. The quantitative estimate of drug-likeness (QED) is 0.173. The second-order valence-electron chi connectivity index (χ2n) is 12.4. The number of hydrogen-bond donors (Lipinski definition) is 0. The molecule has 1 aliphatic rings. The Balaban J connectivity index is 1.33. The Morgan fingerprint density at radius 1 is 0.791 bits per heavy atom. The van der Waals surface area contributed by atoms with Crippen LogP contribution in [0.2, 0.25) is 0 Å². The first kappa shape index (κ1) is 30.5. The molecule has 0 bridgehead atoms. The number of rotatable bonds is 11. The first-order valence-corrected chi connectivity index (χ1v) is 15.9. The number of nitrogens with zero attached hydrogens (tertiary/aromatic N) is 1. The van der Waals surface area contributed by atoms with Crippen molar-refractivity contribution in [3.05, 3.63) is 154 Å². The van der Waals surface area contributed by atoms with Gasteiger partial charge in [0.15, 0.2) is 0 Å². The summed E-state index contributed by atoms with van der Waals surface area (Å²) in [6.07, 6.45) is 7.51. The smallest absolute Gasteiger partial charge is 0.123 e. The molecule has 0 saturated carbocycles. The van der Waals surface area contributed by atoms with Crippen LogP contribution in [0.1, 0.15) is 82.3 Å². The number of benzene rings is 4. The minimum absolute atomic E-state index is 0.202. The van der Waals surface area contributed by atoms with Gasteiger partial charge in [0, 0.05) is 22.9 Å². The molecule has 0 N–H and O–H groups in total. The summed E-state index contributed by atoms with van der Waals surface area (Å²) in [5.74, 6) is 0.0144. The maximum atomic E-state index is 14.0. The molecule has 2 unspecified atom stereocenters. The summed E-state index contributed by atoms with van der Waals surface area (Å²) >= 11 is 0. The maximum absolute atomic E-state index is 14.0. The van der Waals surface area contributed by atoms with Crippen LogP contribution in [0.15, 0.2) is 104 Å². The van der Waals surface area contributed by atoms with Crippen molar-refractivity contribution in [3.63, 3.8) is 0 Å². The minimum atomic E-state index is -0.387. The Morgan fingerprint density at radius 3 is 2.05 bits per heavy atom. The summed E-state index contributed by atoms with van der Waals surface area (Å²) in [6, 6.07) is 31.2. The van der Waals surface area contributed by atoms with E-state index in [-0.39, 0.29) is 11.9 Å². The van der Waals surface area contributed by atoms with Gasteiger partial charge in [-0.2, -0.15) is 0 Å². The summed E-state index contributed by atoms with van der Waals surface area (Å²) in [5.41, 5.74) is 13.3. The Bertz CT molecular complexity index is 1580. The third kappa shape index (κ3) is 7.19. The number of allylic oxidation sites excluding steroid dienone is 1. The molecule has 0 radical (unpaired) electrons. The topological polar surface area (TPSA) is 3.24 Å². The number of anilines is 1. The van der Waals surface area contributed by atoms with E-state index >= 15 is 0 Å². The van der Waals surface area contributed by atoms with Crippen LogP contribution in [0.25, 0.3) is 5.83 Å². The fourth-order valence-electron chi connectivity index (χ4n) is 6.74. The average Bonchev–Trinajstić information content (AvgIpc) is 3.32. The Labute approximate surface area is 258 Å². The van der Waals surface area contributed by atoms with Crippen molar-refractivity contribution in [2.45, 2.75) is 78.7 Å². The summed E-state index contributed by atoms with van der Waals surface area (Å²) in [5, 5.41) is 0. The van der Waals surface area contributed by atoms with Gasteiger partial charge >= 0.3 is 0 Å². The van der Waals surface area contributed by atoms with E-state index in [4.69, 9.17) is 0 Å². The first-order chi connectivity index (χ1) is 20.7. The lowest BCUT2D eigenvalue weighted by atomic mass is 9.92. The molecule has 4 aromatic carbocycles. The zero-order chi connectivity index (χ0) is 30.5. The van der Waals surface area contributed by atoms with E-state index < -0.39 is 0 Å². The van der Waals surface area contributed by atoms with Crippen molar-refractivity contribution >= 4 is 11.5 Å². The van der Waals surface area contributed by atoms with Crippen molar-refractivity contribution in [3.8, 4) is 0 Å². The summed E-state index contributed by atoms with van der Waals surface area (Å²) in [6.45, 7) is 16.7. The van der Waals surface area contributed by atoms with Gasteiger partial charge in [0.25, 0.3) is 0 Å². The molecule has 1 aliphatic heterocycles. The molecular weight excluding hydrogens is 525 g/mol. The molecule has 0 aromatic heterocycles. The lowest BCUT2D eigenvalue weighted by Gasteiger charge is -2.29. The molecule has 4 aromatic rings. The van der Waals surface area contributed by atoms with Gasteiger partial charge in [0.2, 0.25) is 0 Å². The van der Waals surface area contributed by atoms with Gasteiger partial charge in [-0.3, -0.25) is 0 Å². The van der Waals surface area contributed by atoms with Crippen molar-refractivity contribution in [2.24, 2.45) is 5.92 Å². The molecule has 2 atom stereocenters. The zero-order valence-electron chi connectivity index (χ0n) is 26.4. The van der Waals surface area contributed by atoms with Gasteiger partial charge in [-0.05, 0) is 123 Å². The maximum Gasteiger partial charge on any atom is 0.123 e. The lowest BCUT2D eigenvalue weighted by Crippen LogP contribution is -2.21. The summed E-state index contributed by atoms with van der Waals surface area (Å²) < 4.78 is 14.0. The lowest BCUT2D eigenvalue weighted by molar-refractivity contribution is 0.526. The molecular formula is C41H46FN. The van der Waals surface area contributed by atoms with Gasteiger partial charge < -0.3 is 4.90 Å². The van der Waals surface area contributed by atoms with E-state index in [1.165, 1.54) is 38.9 Å². The van der Waals surface area contributed by atoms with Crippen LogP contribution in [0.5, 0.6) is 0 Å². The Kier molecular flexibility index (Phi) is 9.65. The van der Waals surface area contributed by atoms with Crippen LogP contribution < -0.4 is 4.90 Å². The largest absolute Gasteiger partial charge is 0.338 e. The van der Waals surface area contributed by atoms with Crippen molar-refractivity contribution in [1.29, 1.82) is 0 Å². The molecule has 0 amide bonds. The molecule has 0 spiro atoms. The van der Waals surface area contributed by atoms with Crippen LogP contribution in [-0.4, -0.2) is 0 Å². The molecule has 5 rings (SSSR count). The second-order valence-corrected chi connectivity index (χ2v) is 12.4. The van der Waals surface area contributed by atoms with Crippen LogP contribution in [0.4, 0.5) is 10.1 Å². The number of halogens is 1. The average molecular weight is 572 g/mol. The van der Waals surface area contributed by atoms with Crippen LogP contribution in [0.3, 0.4) is 0 Å². The van der Waals surface area contributed by atoms with Crippen molar-refractivity contribution < 1.29 is 4.39 Å². The highest BCUT2D eigenvalue weighted by molar-refractivity contribution is 5.66. The summed E-state index contributed by atoms with van der Waals surface area (Å²) in [7, 11) is 0. The molecule has 1 heterocycles. The van der Waals surface area contributed by atoms with E-state index in [0.29, 0.717) is 11.5 Å². The molecule has 222 valence electrons. The SMILES string of the molecule is C=C(F)c1ccc(N2C(=C)C(CCCc3ccc(CC)c(C)c3)CC2c2ccc(CCc3ccc(C)cc3)cc2)cc1C. The van der Waals surface area contributed by atoms with E-state index in [0.717, 1.165) is 61.9 Å². The van der Waals surface area contributed by atoms with Crippen LogP contribution >= 0.6 is 0 Å². The highest BCUT2D eigenvalue weighted by atomic mass is 19.1. The van der Waals surface area contributed by atoms with Gasteiger partial charge in [-0.1, -0.05) is 92.4 Å². The Hall–Kier alpha value is -3.91. The Morgan fingerprint density at radius 2 is 1.44 bits per heavy atom. The predicted octanol–water partition coefficient (Wildman–Crippen LogP) is 11.0. The monoisotopic (exact) mass is 571 g/mol. The normalized spacial score (nSPS) is 16.6. The van der Waals surface area contributed by atoms with Crippen LogP contribution in [-0.2, 0) is 25.7 Å². The zero-order valence-corrected chi connectivity index (χ0v) is 26.4. The fraction of sp³-hybridized carbons (Fsp3) is 0.317. The van der Waals surface area contributed by atoms with E-state index in [2.05, 4.69) is 112 Å². The van der Waals surface area contributed by atoms with Gasteiger partial charge in [0.1, 0.15) is 5.83 Å². The molecule has 1 nitrogen and oxygen atoms in total. The van der Waals surface area contributed by atoms with E-state index in [9.17, 15) is 4.39 Å². The highest BCUT2D eigenvalue weighted by Gasteiger charge is 2.36. The molecule has 1 saturated heterocycles. The van der Waals surface area contributed by atoms with E-state index in [1.807, 2.05) is 19.1 Å². The van der Waals surface area contributed by atoms with Gasteiger partial charge in [0.05, 0.1) is 6.04 Å². The number of aryl methyl sites for hydroxylation is 7. The highest BCUT2D eigenvalue weighted by Crippen LogP contribution is 2.47. The third-order valence-electron chi connectivity index (χ3n) is 9.37. The molecule has 2 heteroatoms. The molecule has 0 aliphatic carbocycles. The predicted molar refractivity (Wildman–Crippen MR) is 182 cm³/mol. The van der Waals surface area contributed by atoms with Crippen molar-refractivity contribution in [1.82, 2.24) is 0 Å². The van der Waals surface area contributed by atoms with Crippen molar-refractivity contribution in [2.75, 3.05) is 4.90 Å². The van der Waals surface area contributed by atoms with Crippen LogP contribution in [0, 0.1) is 26.7 Å². The number of hydrogen-bond acceptors (Lipinski definition) is 1. The standard InChI is InChI=1S/C41H46FN/c1-7-36-20-19-35(25-29(36)3)9-8-10-38-27-41(43(32(38)6)39-23-24-40(31(5)42)30(4)26-39)37-21-17-34(18-22-37)16-15-33-13-11-28(2)12-14-33/h11-14,17-26,38,41H,5-10,15-16,27H2,1-4H3. The fourth-order valence-corrected chi connectivity index (χ4v) is 6.74.